The Labute approximate surface area is 151 Å². The summed E-state index contributed by atoms with van der Waals surface area (Å²) >= 11 is 0. The van der Waals surface area contributed by atoms with Crippen molar-refractivity contribution in [2.75, 3.05) is 51.3 Å². The molecule has 0 spiro atoms. The summed E-state index contributed by atoms with van der Waals surface area (Å²) in [5.74, 6) is 1.61. The fourth-order valence-electron chi connectivity index (χ4n) is 4.01. The van der Waals surface area contributed by atoms with Gasteiger partial charge in [0.2, 0.25) is 5.95 Å². The summed E-state index contributed by atoms with van der Waals surface area (Å²) in [6.45, 7) is 6.53. The van der Waals surface area contributed by atoms with E-state index in [1.807, 2.05) is 0 Å². The average molecular weight is 348 g/mol. The first-order valence-corrected chi connectivity index (χ1v) is 9.45. The minimum atomic E-state index is 0.157. The summed E-state index contributed by atoms with van der Waals surface area (Å²) in [5.41, 5.74) is 13.0. The molecule has 0 radical (unpaired) electrons. The molecule has 0 amide bonds. The molecule has 2 heterocycles. The third-order valence-electron chi connectivity index (χ3n) is 6.14. The van der Waals surface area contributed by atoms with Crippen LogP contribution in [0.5, 0.6) is 0 Å². The highest BCUT2D eigenvalue weighted by atomic mass is 15.2. The van der Waals surface area contributed by atoms with Gasteiger partial charge in [-0.05, 0) is 59.4 Å². The van der Waals surface area contributed by atoms with E-state index in [2.05, 4.69) is 52.2 Å². The van der Waals surface area contributed by atoms with Gasteiger partial charge in [-0.3, -0.25) is 0 Å². The Morgan fingerprint density at radius 1 is 1.28 bits per heavy atom. The minimum absolute atomic E-state index is 0.157. The molecule has 2 aliphatic rings. The van der Waals surface area contributed by atoms with E-state index in [4.69, 9.17) is 11.5 Å². The van der Waals surface area contributed by atoms with Gasteiger partial charge in [-0.25, -0.2) is 4.98 Å². The summed E-state index contributed by atoms with van der Waals surface area (Å²) in [7, 11) is 4.36. The number of nitrogens with two attached hydrogens (primary N) is 2. The van der Waals surface area contributed by atoms with Gasteiger partial charge in [0.1, 0.15) is 5.82 Å². The van der Waals surface area contributed by atoms with Gasteiger partial charge in [-0.2, -0.15) is 4.98 Å². The second kappa shape index (κ2) is 7.43. The molecule has 1 aromatic heterocycles. The summed E-state index contributed by atoms with van der Waals surface area (Å²) in [4.78, 5) is 13.7. The Balaban J connectivity index is 1.67. The number of nitrogens with one attached hydrogen (secondary N) is 1. The van der Waals surface area contributed by atoms with Gasteiger partial charge >= 0.3 is 0 Å². The van der Waals surface area contributed by atoms with Crippen molar-refractivity contribution in [1.82, 2.24) is 19.8 Å². The second-order valence-corrected chi connectivity index (χ2v) is 7.87. The topological polar surface area (TPSA) is 96.3 Å². The molecule has 1 aromatic rings. The van der Waals surface area contributed by atoms with Crippen LogP contribution in [0.15, 0.2) is 6.07 Å². The average Bonchev–Trinajstić information content (AvgIpc) is 2.57. The maximum absolute atomic E-state index is 5.94. The highest BCUT2D eigenvalue weighted by Gasteiger charge is 2.36. The molecule has 25 heavy (non-hydrogen) atoms. The summed E-state index contributed by atoms with van der Waals surface area (Å²) in [6, 6.07) is 2.36. The summed E-state index contributed by atoms with van der Waals surface area (Å²) in [5, 5.41) is 3.54. The van der Waals surface area contributed by atoms with Gasteiger partial charge < -0.3 is 26.6 Å². The molecular formula is C18H33N7. The van der Waals surface area contributed by atoms with Crippen LogP contribution < -0.4 is 16.8 Å². The molecule has 2 fully saturated rings. The number of anilines is 2. The van der Waals surface area contributed by atoms with Crippen molar-refractivity contribution in [2.45, 2.75) is 50.1 Å². The normalized spacial score (nSPS) is 26.4. The molecule has 1 saturated heterocycles. The van der Waals surface area contributed by atoms with Crippen LogP contribution in [0.4, 0.5) is 11.8 Å². The van der Waals surface area contributed by atoms with Crippen molar-refractivity contribution >= 4 is 11.8 Å². The number of rotatable bonds is 6. The summed E-state index contributed by atoms with van der Waals surface area (Å²) in [6.07, 6.45) is 4.30. The Morgan fingerprint density at radius 2 is 1.96 bits per heavy atom. The van der Waals surface area contributed by atoms with Crippen LogP contribution in [-0.4, -0.2) is 71.6 Å². The van der Waals surface area contributed by atoms with E-state index in [0.717, 1.165) is 63.4 Å². The number of likely N-dealkylation sites (tertiary alicyclic amines) is 1. The number of hydrogen-bond acceptors (Lipinski definition) is 7. The maximum atomic E-state index is 5.94. The van der Waals surface area contributed by atoms with Crippen LogP contribution in [0, 0.1) is 0 Å². The second-order valence-electron chi connectivity index (χ2n) is 7.87. The first-order chi connectivity index (χ1) is 11.9. The zero-order valence-electron chi connectivity index (χ0n) is 15.8. The van der Waals surface area contributed by atoms with E-state index in [1.165, 1.54) is 0 Å². The van der Waals surface area contributed by atoms with Crippen molar-refractivity contribution in [3.05, 3.63) is 11.8 Å². The number of aromatic nitrogens is 2. The molecule has 0 bridgehead atoms. The maximum Gasteiger partial charge on any atom is 0.222 e. The van der Waals surface area contributed by atoms with E-state index >= 15 is 0 Å². The number of nitrogen functional groups attached to an aromatic ring is 1. The molecular weight excluding hydrogens is 314 g/mol. The number of nitrogens with zero attached hydrogens (tertiary/aromatic N) is 4. The van der Waals surface area contributed by atoms with Crippen molar-refractivity contribution in [3.8, 4) is 0 Å². The van der Waals surface area contributed by atoms with Gasteiger partial charge in [0.25, 0.3) is 0 Å². The SMILES string of the molecule is CCN1CCC(CNc2cc(C3CC(N)C3)nc(N)n2)(N(C)C)CC1. The van der Waals surface area contributed by atoms with E-state index < -0.39 is 0 Å². The van der Waals surface area contributed by atoms with E-state index in [1.54, 1.807) is 0 Å². The largest absolute Gasteiger partial charge is 0.368 e. The van der Waals surface area contributed by atoms with Gasteiger partial charge in [0, 0.05) is 30.1 Å². The summed E-state index contributed by atoms with van der Waals surface area (Å²) < 4.78 is 0. The lowest BCUT2D eigenvalue weighted by Gasteiger charge is -2.46. The predicted octanol–water partition coefficient (Wildman–Crippen LogP) is 1.09. The van der Waals surface area contributed by atoms with Crippen molar-refractivity contribution in [3.63, 3.8) is 0 Å². The van der Waals surface area contributed by atoms with Crippen molar-refractivity contribution in [1.29, 1.82) is 0 Å². The van der Waals surface area contributed by atoms with Gasteiger partial charge in [-0.1, -0.05) is 6.92 Å². The molecule has 1 aliphatic carbocycles. The zero-order chi connectivity index (χ0) is 18.0. The number of likely N-dealkylation sites (N-methyl/N-ethyl adjacent to an activating group) is 1. The minimum Gasteiger partial charge on any atom is -0.368 e. The fourth-order valence-corrected chi connectivity index (χ4v) is 4.01. The molecule has 140 valence electrons. The Kier molecular flexibility index (Phi) is 5.46. The van der Waals surface area contributed by atoms with Crippen LogP contribution in [0.2, 0.25) is 0 Å². The number of piperidine rings is 1. The molecule has 5 N–H and O–H groups in total. The molecule has 7 nitrogen and oxygen atoms in total. The Bertz CT molecular complexity index is 575. The van der Waals surface area contributed by atoms with Gasteiger partial charge in [-0.15, -0.1) is 0 Å². The lowest BCUT2D eigenvalue weighted by Crippen LogP contribution is -2.56. The van der Waals surface area contributed by atoms with Crippen LogP contribution in [0.25, 0.3) is 0 Å². The smallest absolute Gasteiger partial charge is 0.222 e. The quantitative estimate of drug-likeness (QED) is 0.709. The lowest BCUT2D eigenvalue weighted by molar-refractivity contribution is 0.0686. The monoisotopic (exact) mass is 347 g/mol. The van der Waals surface area contributed by atoms with Crippen molar-refractivity contribution < 1.29 is 0 Å². The third-order valence-corrected chi connectivity index (χ3v) is 6.14. The molecule has 0 atom stereocenters. The highest BCUT2D eigenvalue weighted by Crippen LogP contribution is 2.35. The van der Waals surface area contributed by atoms with Crippen LogP contribution in [-0.2, 0) is 0 Å². The molecule has 3 rings (SSSR count). The molecule has 7 heteroatoms. The van der Waals surface area contributed by atoms with Gasteiger partial charge in [0.15, 0.2) is 0 Å². The van der Waals surface area contributed by atoms with Crippen LogP contribution >= 0.6 is 0 Å². The van der Waals surface area contributed by atoms with Gasteiger partial charge in [0.05, 0.1) is 5.69 Å². The van der Waals surface area contributed by atoms with Crippen LogP contribution in [0.3, 0.4) is 0 Å². The van der Waals surface area contributed by atoms with Crippen LogP contribution in [0.1, 0.15) is 44.2 Å². The molecule has 0 unspecified atom stereocenters. The standard InChI is InChI=1S/C18H33N7/c1-4-25-7-5-18(6-8-25,24(2)3)12-21-16-11-15(22-17(20)23-16)13-9-14(19)10-13/h11,13-14H,4-10,12,19H2,1-3H3,(H3,20,21,22,23). The fraction of sp³-hybridized carbons (Fsp3) is 0.778. The molecule has 1 aliphatic heterocycles. The van der Waals surface area contributed by atoms with E-state index in [9.17, 15) is 0 Å². The third kappa shape index (κ3) is 4.04. The Morgan fingerprint density at radius 3 is 2.52 bits per heavy atom. The molecule has 1 saturated carbocycles. The van der Waals surface area contributed by atoms with Crippen molar-refractivity contribution in [2.24, 2.45) is 5.73 Å². The Hall–Kier alpha value is -1.44. The molecule has 0 aromatic carbocycles. The first-order valence-electron chi connectivity index (χ1n) is 9.45. The number of hydrogen-bond donors (Lipinski definition) is 3. The van der Waals surface area contributed by atoms with E-state index in [0.29, 0.717) is 17.9 Å². The first kappa shape index (κ1) is 18.4. The predicted molar refractivity (Wildman–Crippen MR) is 103 cm³/mol. The zero-order valence-corrected chi connectivity index (χ0v) is 15.8. The highest BCUT2D eigenvalue weighted by molar-refractivity contribution is 5.42. The lowest BCUT2D eigenvalue weighted by atomic mass is 9.78. The van der Waals surface area contributed by atoms with E-state index in [-0.39, 0.29) is 5.54 Å².